The third-order valence-electron chi connectivity index (χ3n) is 10.1. The van der Waals surface area contributed by atoms with Gasteiger partial charge in [0.25, 0.3) is 5.91 Å². The van der Waals surface area contributed by atoms with Crippen molar-refractivity contribution in [2.24, 2.45) is 5.92 Å². The maximum absolute atomic E-state index is 14.3. The monoisotopic (exact) mass is 746 g/mol. The Morgan fingerprint density at radius 1 is 0.679 bits per heavy atom. The van der Waals surface area contributed by atoms with Gasteiger partial charge in [-0.25, -0.2) is 22.0 Å². The Balaban J connectivity index is 1.53. The number of anilines is 1. The first-order valence-electron chi connectivity index (χ1n) is 19.2. The molecule has 4 atom stereocenters. The van der Waals surface area contributed by atoms with Crippen molar-refractivity contribution in [3.63, 3.8) is 0 Å². The Labute approximate surface area is 311 Å². The van der Waals surface area contributed by atoms with E-state index in [1.807, 2.05) is 24.3 Å². The van der Waals surface area contributed by atoms with Crippen molar-refractivity contribution in [3.8, 4) is 0 Å². The van der Waals surface area contributed by atoms with E-state index in [2.05, 4.69) is 31.0 Å². The lowest BCUT2D eigenvalue weighted by atomic mass is 9.90. The van der Waals surface area contributed by atoms with Gasteiger partial charge in [0.05, 0.1) is 18.8 Å². The molecular formula is C42H55F5N2O4. The highest BCUT2D eigenvalue weighted by molar-refractivity contribution is 6.04. The molecule has 0 spiro atoms. The van der Waals surface area contributed by atoms with Crippen LogP contribution in [0.15, 0.2) is 48.5 Å². The van der Waals surface area contributed by atoms with Crippen LogP contribution in [-0.4, -0.2) is 41.7 Å². The number of ether oxygens (including phenoxy) is 2. The Morgan fingerprint density at radius 3 is 1.70 bits per heavy atom. The molecule has 0 saturated carbocycles. The highest BCUT2D eigenvalue weighted by atomic mass is 19.2. The second-order valence-corrected chi connectivity index (χ2v) is 14.2. The predicted octanol–water partition coefficient (Wildman–Crippen LogP) is 10.9. The van der Waals surface area contributed by atoms with Gasteiger partial charge in [0.1, 0.15) is 5.56 Å². The first-order valence-corrected chi connectivity index (χ1v) is 19.2. The fraction of sp³-hybridized carbons (Fsp3) is 0.548. The molecule has 0 aromatic heterocycles. The summed E-state index contributed by atoms with van der Waals surface area (Å²) < 4.78 is 82.8. The zero-order valence-electron chi connectivity index (χ0n) is 31.3. The lowest BCUT2D eigenvalue weighted by Gasteiger charge is -2.43. The van der Waals surface area contributed by atoms with E-state index < -0.39 is 46.8 Å². The molecule has 1 amide bonds. The number of nitrogens with zero attached hydrogens (tertiary/aromatic N) is 1. The Morgan fingerprint density at radius 2 is 1.17 bits per heavy atom. The van der Waals surface area contributed by atoms with Crippen LogP contribution in [0.1, 0.15) is 137 Å². The van der Waals surface area contributed by atoms with Gasteiger partial charge in [0.2, 0.25) is 5.82 Å². The number of rotatable bonds is 21. The number of aliphatic hydroxyl groups is 1. The van der Waals surface area contributed by atoms with Crippen molar-refractivity contribution in [3.05, 3.63) is 99.9 Å². The maximum Gasteiger partial charge on any atom is 0.261 e. The first kappa shape index (κ1) is 42.4. The van der Waals surface area contributed by atoms with Gasteiger partial charge < -0.3 is 24.8 Å². The van der Waals surface area contributed by atoms with Crippen LogP contribution in [0.25, 0.3) is 0 Å². The number of unbranched alkanes of at least 4 members (excludes halogenated alkanes) is 10. The number of halogens is 5. The molecule has 4 rings (SSSR count). The number of hydrogen-bond donors (Lipinski definition) is 2. The van der Waals surface area contributed by atoms with Crippen molar-refractivity contribution in [1.82, 2.24) is 4.90 Å². The molecule has 1 saturated heterocycles. The summed E-state index contributed by atoms with van der Waals surface area (Å²) in [4.78, 5) is 15.2. The van der Waals surface area contributed by atoms with Crippen LogP contribution in [0, 0.1) is 35.0 Å². The summed E-state index contributed by atoms with van der Waals surface area (Å²) in [6.07, 6.45) is 13.2. The van der Waals surface area contributed by atoms with Gasteiger partial charge in [-0.15, -0.1) is 0 Å². The van der Waals surface area contributed by atoms with Crippen LogP contribution in [0.5, 0.6) is 0 Å². The lowest BCUT2D eigenvalue weighted by molar-refractivity contribution is -0.276. The van der Waals surface area contributed by atoms with Gasteiger partial charge in [-0.3, -0.25) is 4.79 Å². The van der Waals surface area contributed by atoms with E-state index >= 15 is 0 Å². The van der Waals surface area contributed by atoms with Crippen LogP contribution in [-0.2, 0) is 16.1 Å². The number of aliphatic hydroxyl groups excluding tert-OH is 1. The molecule has 11 heteroatoms. The molecule has 6 nitrogen and oxygen atoms in total. The zero-order valence-corrected chi connectivity index (χ0v) is 31.3. The molecule has 1 fully saturated rings. The fourth-order valence-electron chi connectivity index (χ4n) is 6.83. The van der Waals surface area contributed by atoms with Crippen molar-refractivity contribution in [1.29, 1.82) is 0 Å². The van der Waals surface area contributed by atoms with E-state index in [1.54, 1.807) is 12.1 Å². The van der Waals surface area contributed by atoms with Crippen LogP contribution in [0.2, 0.25) is 0 Å². The smallest absolute Gasteiger partial charge is 0.261 e. The number of carbonyl (C=O) groups excluding carboxylic acids is 1. The molecule has 3 aromatic rings. The molecule has 1 aliphatic rings. The Bertz CT molecular complexity index is 1530. The predicted molar refractivity (Wildman–Crippen MR) is 197 cm³/mol. The number of benzene rings is 3. The topological polar surface area (TPSA) is 71.0 Å². The number of carbonyl (C=O) groups is 1. The van der Waals surface area contributed by atoms with Crippen LogP contribution in [0.4, 0.5) is 27.6 Å². The molecule has 0 bridgehead atoms. The van der Waals surface area contributed by atoms with Gasteiger partial charge in [-0.05, 0) is 49.2 Å². The summed E-state index contributed by atoms with van der Waals surface area (Å²) >= 11 is 0. The Hall–Kier alpha value is -3.38. The summed E-state index contributed by atoms with van der Waals surface area (Å²) in [6.45, 7) is 9.16. The second-order valence-electron chi connectivity index (χ2n) is 14.2. The minimum atomic E-state index is -2.34. The third kappa shape index (κ3) is 11.8. The maximum atomic E-state index is 14.3. The molecule has 1 heterocycles. The van der Waals surface area contributed by atoms with E-state index in [-0.39, 0.29) is 30.4 Å². The van der Waals surface area contributed by atoms with E-state index in [9.17, 15) is 31.9 Å². The Kier molecular flexibility index (Phi) is 17.2. The lowest BCUT2D eigenvalue weighted by Crippen LogP contribution is -2.45. The first-order chi connectivity index (χ1) is 25.6. The molecule has 0 radical (unpaired) electrons. The van der Waals surface area contributed by atoms with E-state index in [0.717, 1.165) is 37.1 Å². The second kappa shape index (κ2) is 21.5. The third-order valence-corrected chi connectivity index (χ3v) is 10.1. The average molecular weight is 747 g/mol. The molecular weight excluding hydrogens is 691 g/mol. The highest BCUT2D eigenvalue weighted by Crippen LogP contribution is 2.42. The van der Waals surface area contributed by atoms with Gasteiger partial charge >= 0.3 is 0 Å². The summed E-state index contributed by atoms with van der Waals surface area (Å²) in [7, 11) is 0. The van der Waals surface area contributed by atoms with Crippen molar-refractivity contribution >= 4 is 11.6 Å². The summed E-state index contributed by atoms with van der Waals surface area (Å²) in [6, 6.07) is 13.8. The molecule has 3 aromatic carbocycles. The summed E-state index contributed by atoms with van der Waals surface area (Å²) in [5.41, 5.74) is 0.852. The average Bonchev–Trinajstić information content (AvgIpc) is 3.17. The van der Waals surface area contributed by atoms with Gasteiger partial charge in [0, 0.05) is 23.7 Å². The number of hydrogen-bond acceptors (Lipinski definition) is 5. The van der Waals surface area contributed by atoms with Crippen LogP contribution < -0.4 is 5.32 Å². The number of amides is 1. The SMILES string of the molecule is CCCCCCCCN(CCCCCCCC)C[C@H]1O[C@@H](c2ccc(NC(=O)c3c(F)c(F)c(F)c(F)c3F)cc2)O[C@@H](c2ccc(CO)cc2)[C@H]1C. The zero-order chi connectivity index (χ0) is 38.3. The minimum absolute atomic E-state index is 0.0253. The van der Waals surface area contributed by atoms with E-state index in [1.165, 1.54) is 76.3 Å². The summed E-state index contributed by atoms with van der Waals surface area (Å²) in [5.74, 6) is -12.7. The van der Waals surface area contributed by atoms with Gasteiger partial charge in [0.15, 0.2) is 29.6 Å². The summed E-state index contributed by atoms with van der Waals surface area (Å²) in [5, 5.41) is 11.8. The van der Waals surface area contributed by atoms with Gasteiger partial charge in [-0.1, -0.05) is 121 Å². The van der Waals surface area contributed by atoms with Crippen molar-refractivity contribution < 1.29 is 41.3 Å². The quantitative estimate of drug-likeness (QED) is 0.0492. The van der Waals surface area contributed by atoms with Gasteiger partial charge in [-0.2, -0.15) is 0 Å². The van der Waals surface area contributed by atoms with E-state index in [0.29, 0.717) is 12.1 Å². The fourth-order valence-corrected chi connectivity index (χ4v) is 6.83. The molecule has 292 valence electrons. The van der Waals surface area contributed by atoms with Crippen molar-refractivity contribution in [2.45, 2.75) is 123 Å². The van der Waals surface area contributed by atoms with Crippen LogP contribution >= 0.6 is 0 Å². The van der Waals surface area contributed by atoms with Crippen LogP contribution in [0.3, 0.4) is 0 Å². The normalized spacial score (nSPS) is 18.8. The standard InChI is InChI=1S/C42H55F5N2O4/c1-4-6-8-10-12-14-24-49(25-15-13-11-9-7-5-2)26-33-28(3)40(30-18-16-29(27-50)17-19-30)53-42(52-33)31-20-22-32(23-21-31)48-41(51)34-35(43)37(45)39(47)38(46)36(34)44/h16-23,28,33,40,42,50H,4-15,24-27H2,1-3H3,(H,48,51)/t28-,33+,40+,42+/m0/s1. The highest BCUT2D eigenvalue weighted by Gasteiger charge is 2.39. The molecule has 0 aliphatic carbocycles. The number of nitrogens with one attached hydrogen (secondary N) is 1. The molecule has 0 unspecified atom stereocenters. The molecule has 2 N–H and O–H groups in total. The minimum Gasteiger partial charge on any atom is -0.392 e. The molecule has 1 aliphatic heterocycles. The van der Waals surface area contributed by atoms with Crippen molar-refractivity contribution in [2.75, 3.05) is 25.0 Å². The van der Waals surface area contributed by atoms with E-state index in [4.69, 9.17) is 9.47 Å². The molecule has 53 heavy (non-hydrogen) atoms. The largest absolute Gasteiger partial charge is 0.392 e.